The quantitative estimate of drug-likeness (QED) is 0.515. The smallest absolute Gasteiger partial charge is 0.474 e. The Morgan fingerprint density at radius 3 is 2.14 bits per heavy atom. The molecule has 0 aromatic rings. The standard InChI is InChI=1S/C2H8O3Si2/c1-7(2,4)5-6-3/h4,6H,1-2H3. The van der Waals surface area contributed by atoms with Crippen LogP contribution in [0.5, 0.6) is 0 Å². The Labute approximate surface area is 45.6 Å². The van der Waals surface area contributed by atoms with Gasteiger partial charge in [-0.3, -0.25) is 0 Å². The molecule has 5 heteroatoms. The summed E-state index contributed by atoms with van der Waals surface area (Å²) < 4.78 is 14.1. The van der Waals surface area contributed by atoms with Gasteiger partial charge in [0.1, 0.15) is 0 Å². The van der Waals surface area contributed by atoms with Crippen LogP contribution in [-0.4, -0.2) is 23.0 Å². The molecule has 0 aliphatic heterocycles. The van der Waals surface area contributed by atoms with Crippen molar-refractivity contribution in [3.05, 3.63) is 0 Å². The first-order valence-electron chi connectivity index (χ1n) is 1.90. The highest BCUT2D eigenvalue weighted by atomic mass is 28.4. The average molecular weight is 136 g/mol. The predicted molar refractivity (Wildman–Crippen MR) is 28.6 cm³/mol. The van der Waals surface area contributed by atoms with Crippen molar-refractivity contribution in [3.63, 3.8) is 0 Å². The fraction of sp³-hybridized carbons (Fsp3) is 1.00. The fourth-order valence-electron chi connectivity index (χ4n) is 0.118. The van der Waals surface area contributed by atoms with Crippen molar-refractivity contribution >= 4 is 18.2 Å². The van der Waals surface area contributed by atoms with Crippen LogP contribution >= 0.6 is 0 Å². The van der Waals surface area contributed by atoms with E-state index >= 15 is 0 Å². The van der Waals surface area contributed by atoms with Crippen LogP contribution in [0.2, 0.25) is 13.1 Å². The average Bonchev–Trinajstić information content (AvgIpc) is 1.30. The van der Waals surface area contributed by atoms with Crippen LogP contribution in [-0.2, 0) is 8.58 Å². The van der Waals surface area contributed by atoms with Gasteiger partial charge in [-0.25, -0.2) is 0 Å². The maximum Gasteiger partial charge on any atom is 0.474 e. The van der Waals surface area contributed by atoms with Gasteiger partial charge in [-0.05, 0) is 13.1 Å². The maximum absolute atomic E-state index is 9.68. The lowest BCUT2D eigenvalue weighted by molar-refractivity contribution is 0.380. The number of hydrogen-bond donors (Lipinski definition) is 1. The van der Waals surface area contributed by atoms with Crippen LogP contribution < -0.4 is 0 Å². The van der Waals surface area contributed by atoms with Crippen LogP contribution in [0.25, 0.3) is 0 Å². The summed E-state index contributed by atoms with van der Waals surface area (Å²) in [7, 11) is -3.66. The molecule has 0 bridgehead atoms. The van der Waals surface area contributed by atoms with Crippen LogP contribution in [0.1, 0.15) is 0 Å². The molecule has 42 valence electrons. The zero-order valence-electron chi connectivity index (χ0n) is 4.34. The summed E-state index contributed by atoms with van der Waals surface area (Å²) in [6.07, 6.45) is 0. The highest BCUT2D eigenvalue weighted by Gasteiger charge is 2.17. The van der Waals surface area contributed by atoms with Gasteiger partial charge in [0.2, 0.25) is 0 Å². The molecule has 0 aliphatic carbocycles. The van der Waals surface area contributed by atoms with E-state index in [-0.39, 0.29) is 0 Å². The first kappa shape index (κ1) is 6.99. The summed E-state index contributed by atoms with van der Waals surface area (Å²) in [4.78, 5) is 8.76. The molecule has 0 heterocycles. The zero-order chi connectivity index (χ0) is 5.91. The highest BCUT2D eigenvalue weighted by Crippen LogP contribution is 1.92. The van der Waals surface area contributed by atoms with Crippen LogP contribution in [0.3, 0.4) is 0 Å². The van der Waals surface area contributed by atoms with Crippen molar-refractivity contribution in [1.29, 1.82) is 0 Å². The molecule has 0 fully saturated rings. The molecule has 0 aliphatic rings. The molecular weight excluding hydrogens is 128 g/mol. The van der Waals surface area contributed by atoms with Crippen LogP contribution in [0.15, 0.2) is 0 Å². The molecule has 0 aromatic carbocycles. The molecule has 0 spiro atoms. The van der Waals surface area contributed by atoms with E-state index in [4.69, 9.17) is 4.80 Å². The maximum atomic E-state index is 9.68. The number of rotatable bonds is 2. The lowest BCUT2D eigenvalue weighted by atomic mass is 11.9. The summed E-state index contributed by atoms with van der Waals surface area (Å²) in [6, 6.07) is 0. The number of hydrogen-bond acceptors (Lipinski definition) is 3. The summed E-state index contributed by atoms with van der Waals surface area (Å²) in [5.41, 5.74) is 0. The Morgan fingerprint density at radius 2 is 2.14 bits per heavy atom. The van der Waals surface area contributed by atoms with Crippen molar-refractivity contribution in [3.8, 4) is 0 Å². The first-order chi connectivity index (χ1) is 3.06. The molecule has 0 aromatic heterocycles. The van der Waals surface area contributed by atoms with Crippen LogP contribution in [0.4, 0.5) is 0 Å². The van der Waals surface area contributed by atoms with Gasteiger partial charge in [0, 0.05) is 0 Å². The van der Waals surface area contributed by atoms with Gasteiger partial charge in [0.25, 0.3) is 0 Å². The minimum atomic E-state index is -2.43. The molecule has 0 atom stereocenters. The van der Waals surface area contributed by atoms with E-state index in [1.807, 2.05) is 0 Å². The lowest BCUT2D eigenvalue weighted by Gasteiger charge is -2.09. The lowest BCUT2D eigenvalue weighted by Crippen LogP contribution is -2.29. The second-order valence-electron chi connectivity index (χ2n) is 1.66. The van der Waals surface area contributed by atoms with Crippen LogP contribution in [0, 0.1) is 0 Å². The van der Waals surface area contributed by atoms with E-state index in [1.165, 1.54) is 0 Å². The third kappa shape index (κ3) is 5.99. The molecule has 0 saturated heterocycles. The largest absolute Gasteiger partial charge is 0.561 e. The summed E-state index contributed by atoms with van der Waals surface area (Å²) in [5, 5.41) is 0. The van der Waals surface area contributed by atoms with Gasteiger partial charge < -0.3 is 13.4 Å². The van der Waals surface area contributed by atoms with Gasteiger partial charge in [0.15, 0.2) is 0 Å². The molecule has 3 nitrogen and oxygen atoms in total. The Bertz CT molecular complexity index is 65.8. The molecule has 1 N–H and O–H groups in total. The van der Waals surface area contributed by atoms with E-state index in [9.17, 15) is 4.46 Å². The van der Waals surface area contributed by atoms with Crippen molar-refractivity contribution in [2.75, 3.05) is 0 Å². The monoisotopic (exact) mass is 136 g/mol. The predicted octanol–water partition coefficient (Wildman–Crippen LogP) is -0.606. The minimum Gasteiger partial charge on any atom is -0.561 e. The van der Waals surface area contributed by atoms with E-state index < -0.39 is 18.2 Å². The Balaban J connectivity index is 3.34. The normalized spacial score (nSPS) is 10.7. The molecule has 0 rings (SSSR count). The van der Waals surface area contributed by atoms with E-state index in [1.54, 1.807) is 13.1 Å². The molecule has 0 saturated carbocycles. The summed E-state index contributed by atoms with van der Waals surface area (Å²) >= 11 is 0. The SMILES string of the molecule is C[Si](C)(O)O[SiH]=O. The fourth-order valence-corrected chi connectivity index (χ4v) is 1.06. The molecular formula is C2H8O3Si2. The third-order valence-corrected chi connectivity index (χ3v) is 3.03. The minimum absolute atomic E-state index is 1.23. The van der Waals surface area contributed by atoms with Gasteiger partial charge in [0.05, 0.1) is 0 Å². The topological polar surface area (TPSA) is 46.5 Å². The van der Waals surface area contributed by atoms with E-state index in [0.29, 0.717) is 0 Å². The third-order valence-electron chi connectivity index (χ3n) is 0.337. The highest BCUT2D eigenvalue weighted by molar-refractivity contribution is 6.66. The molecule has 0 radical (unpaired) electrons. The Morgan fingerprint density at radius 1 is 1.71 bits per heavy atom. The summed E-state index contributed by atoms with van der Waals surface area (Å²) in [5.74, 6) is 0. The molecule has 0 amide bonds. The van der Waals surface area contributed by atoms with Gasteiger partial charge in [-0.1, -0.05) is 0 Å². The van der Waals surface area contributed by atoms with Crippen molar-refractivity contribution in [2.45, 2.75) is 13.1 Å². The van der Waals surface area contributed by atoms with Crippen molar-refractivity contribution in [1.82, 2.24) is 0 Å². The second-order valence-corrected chi connectivity index (χ2v) is 5.69. The van der Waals surface area contributed by atoms with Gasteiger partial charge >= 0.3 is 18.2 Å². The van der Waals surface area contributed by atoms with Gasteiger partial charge in [-0.15, -0.1) is 0 Å². The Kier molecular flexibility index (Phi) is 2.34. The molecule has 0 unspecified atom stereocenters. The first-order valence-corrected chi connectivity index (χ1v) is 5.70. The van der Waals surface area contributed by atoms with Gasteiger partial charge in [-0.2, -0.15) is 0 Å². The van der Waals surface area contributed by atoms with Crippen molar-refractivity contribution < 1.29 is 13.4 Å². The summed E-state index contributed by atoms with van der Waals surface area (Å²) in [6.45, 7) is 3.13. The van der Waals surface area contributed by atoms with E-state index in [0.717, 1.165) is 0 Å². The molecule has 7 heavy (non-hydrogen) atoms. The zero-order valence-corrected chi connectivity index (χ0v) is 6.50. The van der Waals surface area contributed by atoms with Crippen molar-refractivity contribution in [2.24, 2.45) is 0 Å². The Hall–Kier alpha value is -0.00623. The van der Waals surface area contributed by atoms with E-state index in [2.05, 4.69) is 4.12 Å². The second kappa shape index (κ2) is 2.34.